The van der Waals surface area contributed by atoms with Gasteiger partial charge in [0.1, 0.15) is 21.5 Å². The fourth-order valence-electron chi connectivity index (χ4n) is 3.20. The number of phenols is 1. The van der Waals surface area contributed by atoms with Crippen LogP contribution in [0.25, 0.3) is 10.8 Å². The van der Waals surface area contributed by atoms with Crippen molar-refractivity contribution in [3.05, 3.63) is 82.9 Å². The third kappa shape index (κ3) is 5.72. The van der Waals surface area contributed by atoms with E-state index >= 15 is 0 Å². The predicted octanol–water partition coefficient (Wildman–Crippen LogP) is 2.77. The number of hydrogen-bond acceptors (Lipinski definition) is 11. The molecular weight excluding hydrogens is 499 g/mol. The Balaban J connectivity index is 0.00000361. The molecule has 0 aromatic heterocycles. The molecule has 0 heterocycles. The van der Waals surface area contributed by atoms with E-state index in [1.165, 1.54) is 36.4 Å². The summed E-state index contributed by atoms with van der Waals surface area (Å²) in [4.78, 5) is 9.54. The zero-order valence-electron chi connectivity index (χ0n) is 18.6. The molecule has 176 valence electrons. The van der Waals surface area contributed by atoms with Gasteiger partial charge >= 0.3 is 29.6 Å². The monoisotopic (exact) mass is 514 g/mol. The first-order valence-electron chi connectivity index (χ1n) is 9.82. The molecular formula is C22H15N6NaO6S. The number of nitro groups is 1. The first-order valence-corrected chi connectivity index (χ1v) is 11.2. The van der Waals surface area contributed by atoms with Crippen molar-refractivity contribution in [1.29, 1.82) is 0 Å². The second-order valence-electron chi connectivity index (χ2n) is 7.13. The van der Waals surface area contributed by atoms with Gasteiger partial charge in [-0.05, 0) is 36.4 Å². The first kappa shape index (κ1) is 26.8. The second kappa shape index (κ2) is 10.9. The molecule has 0 unspecified atom stereocenters. The van der Waals surface area contributed by atoms with E-state index in [0.29, 0.717) is 5.69 Å². The summed E-state index contributed by atoms with van der Waals surface area (Å²) in [5.74, 6) is -0.503. The summed E-state index contributed by atoms with van der Waals surface area (Å²) in [6.07, 6.45) is 0. The molecule has 0 bridgehead atoms. The number of fused-ring (bicyclic) bond motifs is 1. The van der Waals surface area contributed by atoms with E-state index in [9.17, 15) is 28.2 Å². The molecule has 12 nitrogen and oxygen atoms in total. The average Bonchev–Trinajstić information content (AvgIpc) is 2.83. The van der Waals surface area contributed by atoms with Crippen LogP contribution >= 0.6 is 0 Å². The fourth-order valence-corrected chi connectivity index (χ4v) is 3.89. The van der Waals surface area contributed by atoms with Crippen LogP contribution in [0.1, 0.15) is 0 Å². The molecule has 3 N–H and O–H groups in total. The minimum absolute atomic E-state index is 0. The molecule has 0 atom stereocenters. The molecule has 0 radical (unpaired) electrons. The Morgan fingerprint density at radius 3 is 2.00 bits per heavy atom. The van der Waals surface area contributed by atoms with Crippen molar-refractivity contribution in [2.45, 2.75) is 4.90 Å². The van der Waals surface area contributed by atoms with E-state index in [1.54, 1.807) is 30.3 Å². The number of non-ortho nitro benzene ring substituents is 1. The van der Waals surface area contributed by atoms with E-state index in [-0.39, 0.29) is 68.8 Å². The fraction of sp³-hybridized carbons (Fsp3) is 0. The molecule has 0 amide bonds. The van der Waals surface area contributed by atoms with Gasteiger partial charge in [-0.1, -0.05) is 24.3 Å². The van der Waals surface area contributed by atoms with Crippen LogP contribution in [0.3, 0.4) is 0 Å². The second-order valence-corrected chi connectivity index (χ2v) is 8.47. The summed E-state index contributed by atoms with van der Waals surface area (Å²) in [7, 11) is -5.00. The van der Waals surface area contributed by atoms with E-state index in [2.05, 4.69) is 20.5 Å². The Labute approximate surface area is 226 Å². The molecule has 0 spiro atoms. The van der Waals surface area contributed by atoms with Crippen molar-refractivity contribution in [3.8, 4) is 5.75 Å². The van der Waals surface area contributed by atoms with Crippen LogP contribution in [0.2, 0.25) is 0 Å². The summed E-state index contributed by atoms with van der Waals surface area (Å²) in [6.45, 7) is 0. The normalized spacial score (nSPS) is 11.7. The summed E-state index contributed by atoms with van der Waals surface area (Å²) in [6, 6.07) is 17.3. The molecule has 4 rings (SSSR count). The number of hydrogen-bond donors (Lipinski definition) is 2. The standard InChI is InChI=1S/C22H16N6O6S.Na/c23-21-18(27-25-14-6-8-15(9-7-14)28(30)31)12-19(35(32,33)34)16-10-11-17(22(29)20(16)21)26-24-13-4-2-1-3-5-13;/h1-12,29H,23H2,(H,32,33,34);/q;+1/p-1. The van der Waals surface area contributed by atoms with Gasteiger partial charge in [-0.3, -0.25) is 10.1 Å². The van der Waals surface area contributed by atoms with Crippen molar-refractivity contribution in [1.82, 2.24) is 0 Å². The number of benzene rings is 4. The maximum absolute atomic E-state index is 11.9. The van der Waals surface area contributed by atoms with Crippen molar-refractivity contribution in [2.24, 2.45) is 20.5 Å². The Bertz CT molecular complexity index is 1610. The molecule has 0 saturated heterocycles. The zero-order chi connectivity index (χ0) is 25.2. The number of nitro benzene ring substituents is 1. The van der Waals surface area contributed by atoms with Gasteiger partial charge in [0.05, 0.1) is 32.3 Å². The minimum Gasteiger partial charge on any atom is -0.744 e. The molecule has 0 saturated carbocycles. The van der Waals surface area contributed by atoms with Gasteiger partial charge < -0.3 is 15.4 Å². The summed E-state index contributed by atoms with van der Waals surface area (Å²) in [5.41, 5.74) is 6.33. The van der Waals surface area contributed by atoms with E-state index in [0.717, 1.165) is 6.07 Å². The smallest absolute Gasteiger partial charge is 0.744 e. The van der Waals surface area contributed by atoms with Gasteiger partial charge in [-0.15, -0.1) is 10.2 Å². The number of aromatic hydroxyl groups is 1. The SMILES string of the molecule is Nc1c(N=Nc2ccc([N+](=O)[O-])cc2)cc(S(=O)(=O)[O-])c2ccc(N=Nc3ccccc3)c(O)c12.[Na+]. The number of anilines is 1. The van der Waals surface area contributed by atoms with Crippen LogP contribution in [-0.2, 0) is 10.1 Å². The zero-order valence-corrected chi connectivity index (χ0v) is 21.5. The minimum atomic E-state index is -5.00. The summed E-state index contributed by atoms with van der Waals surface area (Å²) < 4.78 is 35.8. The Morgan fingerprint density at radius 1 is 0.833 bits per heavy atom. The van der Waals surface area contributed by atoms with Gasteiger partial charge in [-0.2, -0.15) is 10.2 Å². The van der Waals surface area contributed by atoms with E-state index < -0.39 is 25.7 Å². The van der Waals surface area contributed by atoms with Gasteiger partial charge in [0, 0.05) is 17.5 Å². The quantitative estimate of drug-likeness (QED) is 0.0984. The average molecular weight is 514 g/mol. The number of nitrogen functional groups attached to an aromatic ring is 1. The number of phenolic OH excluding ortho intramolecular Hbond substituents is 1. The summed E-state index contributed by atoms with van der Waals surface area (Å²) in [5, 5.41) is 37.1. The van der Waals surface area contributed by atoms with Crippen LogP contribution in [0, 0.1) is 10.1 Å². The van der Waals surface area contributed by atoms with Crippen molar-refractivity contribution in [3.63, 3.8) is 0 Å². The Hall–Kier alpha value is -3.75. The topological polar surface area (TPSA) is 196 Å². The van der Waals surface area contributed by atoms with Crippen molar-refractivity contribution in [2.75, 3.05) is 5.73 Å². The van der Waals surface area contributed by atoms with Crippen LogP contribution in [0.5, 0.6) is 5.75 Å². The maximum Gasteiger partial charge on any atom is 1.00 e. The van der Waals surface area contributed by atoms with Crippen LogP contribution < -0.4 is 35.3 Å². The molecule has 0 aliphatic carbocycles. The molecule has 0 aliphatic rings. The van der Waals surface area contributed by atoms with Gasteiger partial charge in [0.15, 0.2) is 5.75 Å². The van der Waals surface area contributed by atoms with Crippen LogP contribution in [-0.4, -0.2) is 23.0 Å². The number of nitrogens with zero attached hydrogens (tertiary/aromatic N) is 5. The van der Waals surface area contributed by atoms with Gasteiger partial charge in [-0.25, -0.2) is 8.42 Å². The van der Waals surface area contributed by atoms with Crippen LogP contribution in [0.4, 0.5) is 34.1 Å². The Kier molecular flexibility index (Phi) is 8.12. The predicted molar refractivity (Wildman–Crippen MR) is 126 cm³/mol. The van der Waals surface area contributed by atoms with E-state index in [1.807, 2.05) is 0 Å². The number of azo groups is 2. The van der Waals surface area contributed by atoms with Gasteiger partial charge in [0.2, 0.25) is 0 Å². The number of rotatable bonds is 6. The van der Waals surface area contributed by atoms with E-state index in [4.69, 9.17) is 5.73 Å². The summed E-state index contributed by atoms with van der Waals surface area (Å²) >= 11 is 0. The molecule has 14 heteroatoms. The third-order valence-electron chi connectivity index (χ3n) is 4.87. The molecule has 0 aliphatic heterocycles. The first-order chi connectivity index (χ1) is 16.6. The molecule has 4 aromatic carbocycles. The molecule has 36 heavy (non-hydrogen) atoms. The molecule has 0 fully saturated rings. The number of nitrogens with two attached hydrogens (primary N) is 1. The van der Waals surface area contributed by atoms with Crippen LogP contribution in [0.15, 0.2) is 98.1 Å². The Morgan fingerprint density at radius 2 is 1.42 bits per heavy atom. The third-order valence-corrected chi connectivity index (χ3v) is 5.74. The van der Waals surface area contributed by atoms with Gasteiger partial charge in [0.25, 0.3) is 5.69 Å². The largest absolute Gasteiger partial charge is 1.00 e. The van der Waals surface area contributed by atoms with Crippen molar-refractivity contribution >= 4 is 55.0 Å². The molecule has 4 aromatic rings. The maximum atomic E-state index is 11.9. The van der Waals surface area contributed by atoms with Crippen molar-refractivity contribution < 1.29 is 52.6 Å².